The van der Waals surface area contributed by atoms with Crippen LogP contribution in [0.1, 0.15) is 6.92 Å². The van der Waals surface area contributed by atoms with Crippen molar-refractivity contribution in [3.05, 3.63) is 73.3 Å². The third kappa shape index (κ3) is 4.30. The third-order valence-electron chi connectivity index (χ3n) is 4.33. The highest BCUT2D eigenvalue weighted by molar-refractivity contribution is 5.89. The first-order valence-corrected chi connectivity index (χ1v) is 9.30. The molecule has 0 saturated heterocycles. The van der Waals surface area contributed by atoms with Gasteiger partial charge in [0.15, 0.2) is 5.82 Å². The molecular formula is C22H20N6O. The summed E-state index contributed by atoms with van der Waals surface area (Å²) in [4.78, 5) is 28.2. The number of hydrogen-bond donors (Lipinski definition) is 3. The molecule has 0 aliphatic rings. The van der Waals surface area contributed by atoms with E-state index < -0.39 is 0 Å². The van der Waals surface area contributed by atoms with E-state index in [1.165, 1.54) is 0 Å². The summed E-state index contributed by atoms with van der Waals surface area (Å²) in [7, 11) is 0. The van der Waals surface area contributed by atoms with E-state index in [1.807, 2.05) is 55.5 Å². The number of imidazole rings is 1. The Balaban J connectivity index is 1.60. The normalized spacial score (nSPS) is 10.5. The zero-order valence-corrected chi connectivity index (χ0v) is 15.9. The van der Waals surface area contributed by atoms with Gasteiger partial charge in [0.05, 0.1) is 23.8 Å². The summed E-state index contributed by atoms with van der Waals surface area (Å²) in [5.41, 5.74) is 5.15. The van der Waals surface area contributed by atoms with Crippen molar-refractivity contribution in [1.29, 1.82) is 0 Å². The summed E-state index contributed by atoms with van der Waals surface area (Å²) >= 11 is 0. The number of nitrogens with one attached hydrogen (secondary N) is 3. The van der Waals surface area contributed by atoms with Gasteiger partial charge in [-0.25, -0.2) is 9.78 Å². The summed E-state index contributed by atoms with van der Waals surface area (Å²) in [6, 6.07) is 15.5. The van der Waals surface area contributed by atoms with Crippen molar-refractivity contribution < 1.29 is 4.79 Å². The van der Waals surface area contributed by atoms with Crippen LogP contribution in [0.25, 0.3) is 33.9 Å². The average Bonchev–Trinajstić information content (AvgIpc) is 3.25. The molecular weight excluding hydrogens is 364 g/mol. The molecule has 4 aromatic rings. The van der Waals surface area contributed by atoms with Crippen LogP contribution in [0.4, 0.5) is 10.5 Å². The lowest BCUT2D eigenvalue weighted by molar-refractivity contribution is 0.252. The summed E-state index contributed by atoms with van der Waals surface area (Å²) in [6.07, 6.45) is 6.90. The molecule has 0 unspecified atom stereocenters. The zero-order chi connectivity index (χ0) is 20.1. The largest absolute Gasteiger partial charge is 0.338 e. The van der Waals surface area contributed by atoms with E-state index in [0.717, 1.165) is 28.1 Å². The van der Waals surface area contributed by atoms with Crippen molar-refractivity contribution in [1.82, 2.24) is 25.3 Å². The lowest BCUT2D eigenvalue weighted by atomic mass is 10.1. The van der Waals surface area contributed by atoms with Gasteiger partial charge in [0, 0.05) is 24.5 Å². The second kappa shape index (κ2) is 8.35. The fourth-order valence-corrected chi connectivity index (χ4v) is 2.96. The van der Waals surface area contributed by atoms with Crippen LogP contribution in [-0.4, -0.2) is 32.5 Å². The maximum absolute atomic E-state index is 11.7. The molecule has 7 nitrogen and oxygen atoms in total. The third-order valence-corrected chi connectivity index (χ3v) is 4.33. The highest BCUT2D eigenvalue weighted by Gasteiger charge is 2.09. The van der Waals surface area contributed by atoms with Crippen LogP contribution in [0.5, 0.6) is 0 Å². The van der Waals surface area contributed by atoms with Gasteiger partial charge in [-0.2, -0.15) is 0 Å². The maximum atomic E-state index is 11.7. The van der Waals surface area contributed by atoms with Crippen LogP contribution in [0.2, 0.25) is 0 Å². The number of rotatable bonds is 5. The quantitative estimate of drug-likeness (QED) is 0.477. The molecule has 3 heterocycles. The number of amides is 2. The van der Waals surface area contributed by atoms with Gasteiger partial charge in [-0.1, -0.05) is 30.3 Å². The molecule has 0 spiro atoms. The molecule has 144 valence electrons. The van der Waals surface area contributed by atoms with Crippen molar-refractivity contribution in [2.75, 3.05) is 11.9 Å². The lowest BCUT2D eigenvalue weighted by Gasteiger charge is -2.08. The van der Waals surface area contributed by atoms with Gasteiger partial charge >= 0.3 is 6.03 Å². The van der Waals surface area contributed by atoms with Crippen molar-refractivity contribution in [2.45, 2.75) is 6.92 Å². The molecule has 7 heteroatoms. The minimum Gasteiger partial charge on any atom is -0.338 e. The number of carbonyl (C=O) groups is 1. The number of anilines is 1. The van der Waals surface area contributed by atoms with E-state index >= 15 is 0 Å². The molecule has 0 fully saturated rings. The Morgan fingerprint density at radius 2 is 1.83 bits per heavy atom. The predicted molar refractivity (Wildman–Crippen MR) is 113 cm³/mol. The smallest absolute Gasteiger partial charge is 0.319 e. The summed E-state index contributed by atoms with van der Waals surface area (Å²) in [5.74, 6) is 0.690. The van der Waals surface area contributed by atoms with Gasteiger partial charge < -0.3 is 15.6 Å². The minimum absolute atomic E-state index is 0.258. The zero-order valence-electron chi connectivity index (χ0n) is 15.9. The summed E-state index contributed by atoms with van der Waals surface area (Å²) in [6.45, 7) is 2.42. The van der Waals surface area contributed by atoms with Gasteiger partial charge in [-0.15, -0.1) is 0 Å². The number of carbonyl (C=O) groups excluding carboxylic acids is 1. The van der Waals surface area contributed by atoms with Gasteiger partial charge in [0.1, 0.15) is 5.69 Å². The number of urea groups is 1. The van der Waals surface area contributed by atoms with E-state index in [1.54, 1.807) is 24.8 Å². The van der Waals surface area contributed by atoms with Crippen LogP contribution in [0.3, 0.4) is 0 Å². The maximum Gasteiger partial charge on any atom is 0.319 e. The second-order valence-corrected chi connectivity index (χ2v) is 6.39. The van der Waals surface area contributed by atoms with Crippen molar-refractivity contribution in [2.24, 2.45) is 0 Å². The number of aromatic nitrogens is 4. The van der Waals surface area contributed by atoms with Crippen molar-refractivity contribution >= 4 is 11.7 Å². The molecule has 3 aromatic heterocycles. The number of benzene rings is 1. The van der Waals surface area contributed by atoms with Crippen molar-refractivity contribution in [3.8, 4) is 33.9 Å². The number of nitrogens with zero attached hydrogens (tertiary/aromatic N) is 3. The first kappa shape index (κ1) is 18.4. The minimum atomic E-state index is -0.258. The Bertz CT molecular complexity index is 1120. The molecule has 29 heavy (non-hydrogen) atoms. The van der Waals surface area contributed by atoms with Crippen LogP contribution in [0.15, 0.2) is 73.3 Å². The number of aromatic amines is 1. The Morgan fingerprint density at radius 1 is 0.966 bits per heavy atom. The number of H-pyrrole nitrogens is 1. The van der Waals surface area contributed by atoms with E-state index in [-0.39, 0.29) is 6.03 Å². The molecule has 3 N–H and O–H groups in total. The lowest BCUT2D eigenvalue weighted by Crippen LogP contribution is -2.28. The Hall–Kier alpha value is -4.00. The molecule has 0 atom stereocenters. The van der Waals surface area contributed by atoms with Gasteiger partial charge in [-0.05, 0) is 36.2 Å². The first-order valence-electron chi connectivity index (χ1n) is 9.30. The number of pyridine rings is 2. The molecule has 0 saturated carbocycles. The second-order valence-electron chi connectivity index (χ2n) is 6.39. The summed E-state index contributed by atoms with van der Waals surface area (Å²) in [5, 5.41) is 5.47. The van der Waals surface area contributed by atoms with Gasteiger partial charge in [0.2, 0.25) is 0 Å². The monoisotopic (exact) mass is 384 g/mol. The molecule has 0 radical (unpaired) electrons. The topological polar surface area (TPSA) is 95.6 Å². The molecule has 1 aromatic carbocycles. The Kier molecular flexibility index (Phi) is 5.29. The molecule has 2 amide bonds. The standard InChI is InChI=1S/C22H20N6O/c1-2-24-22(29)27-18-10-17(12-23-13-18)16-8-9-25-19(11-16)21-26-14-20(28-21)15-6-4-3-5-7-15/h3-14H,2H2,1H3,(H,26,28)(H2,24,27,29). The van der Waals surface area contributed by atoms with E-state index in [0.29, 0.717) is 18.1 Å². The Morgan fingerprint density at radius 3 is 2.66 bits per heavy atom. The van der Waals surface area contributed by atoms with Crippen LogP contribution < -0.4 is 10.6 Å². The number of hydrogen-bond acceptors (Lipinski definition) is 4. The van der Waals surface area contributed by atoms with Crippen LogP contribution >= 0.6 is 0 Å². The molecule has 0 aliphatic heterocycles. The van der Waals surface area contributed by atoms with Crippen molar-refractivity contribution in [3.63, 3.8) is 0 Å². The van der Waals surface area contributed by atoms with E-state index in [2.05, 4.69) is 30.6 Å². The Labute approximate surface area is 168 Å². The highest BCUT2D eigenvalue weighted by atomic mass is 16.2. The predicted octanol–water partition coefficient (Wildman–Crippen LogP) is 4.34. The van der Waals surface area contributed by atoms with Gasteiger partial charge in [-0.3, -0.25) is 9.97 Å². The first-order chi connectivity index (χ1) is 14.2. The molecule has 0 bridgehead atoms. The van der Waals surface area contributed by atoms with E-state index in [4.69, 9.17) is 0 Å². The van der Waals surface area contributed by atoms with Gasteiger partial charge in [0.25, 0.3) is 0 Å². The van der Waals surface area contributed by atoms with Crippen LogP contribution in [-0.2, 0) is 0 Å². The fourth-order valence-electron chi connectivity index (χ4n) is 2.96. The average molecular weight is 384 g/mol. The molecule has 4 rings (SSSR count). The fraction of sp³-hybridized carbons (Fsp3) is 0.0909. The van der Waals surface area contributed by atoms with Crippen LogP contribution in [0, 0.1) is 0 Å². The SMILES string of the molecule is CCNC(=O)Nc1cncc(-c2ccnc(-c3ncc(-c4ccccc4)[nH]3)c2)c1. The van der Waals surface area contributed by atoms with E-state index in [9.17, 15) is 4.79 Å². The molecule has 0 aliphatic carbocycles. The summed E-state index contributed by atoms with van der Waals surface area (Å²) < 4.78 is 0. The highest BCUT2D eigenvalue weighted by Crippen LogP contribution is 2.26.